The van der Waals surface area contributed by atoms with Gasteiger partial charge < -0.3 is 20.1 Å². The highest BCUT2D eigenvalue weighted by Crippen LogP contribution is 2.21. The molecule has 1 aromatic heterocycles. The lowest BCUT2D eigenvalue weighted by atomic mass is 10.1. The van der Waals surface area contributed by atoms with Gasteiger partial charge in [-0.05, 0) is 62.1 Å². The predicted octanol–water partition coefficient (Wildman–Crippen LogP) is 5.26. The zero-order chi connectivity index (χ0) is 23.1. The number of hydrogen-bond acceptors (Lipinski definition) is 3. The van der Waals surface area contributed by atoms with Crippen LogP contribution in [0.4, 0.5) is 10.5 Å². The second-order valence-corrected chi connectivity index (χ2v) is 8.28. The molecule has 0 fully saturated rings. The van der Waals surface area contributed by atoms with E-state index in [1.54, 1.807) is 17.0 Å². The van der Waals surface area contributed by atoms with E-state index in [-0.39, 0.29) is 18.1 Å². The number of nitrogens with zero attached hydrogens (tertiary/aromatic N) is 2. The first-order chi connectivity index (χ1) is 15.4. The van der Waals surface area contributed by atoms with Crippen LogP contribution in [-0.4, -0.2) is 47.0 Å². The van der Waals surface area contributed by atoms with E-state index in [0.717, 1.165) is 42.5 Å². The van der Waals surface area contributed by atoms with E-state index in [1.807, 2.05) is 43.3 Å². The van der Waals surface area contributed by atoms with Crippen molar-refractivity contribution in [3.8, 4) is 0 Å². The van der Waals surface area contributed by atoms with Gasteiger partial charge in [0.15, 0.2) is 0 Å². The van der Waals surface area contributed by atoms with Crippen LogP contribution in [0.3, 0.4) is 0 Å². The van der Waals surface area contributed by atoms with Crippen LogP contribution in [0.25, 0.3) is 10.9 Å². The summed E-state index contributed by atoms with van der Waals surface area (Å²) in [6.07, 6.45) is 0.808. The standard InChI is InChI=1S/C25H31ClN4O2/c1-4-29(5-2)14-9-15-30(25(32)27-22-13-7-6-12-21(22)26)17-20-16-19-11-8-10-18(3)23(19)28-24(20)31/h6-8,10-13,16H,4-5,9,14-15,17H2,1-3H3,(H,27,32)(H,28,31). The van der Waals surface area contributed by atoms with Gasteiger partial charge in [-0.3, -0.25) is 4.79 Å². The number of carbonyl (C=O) groups excluding carboxylic acids is 1. The maximum atomic E-state index is 13.1. The molecule has 3 rings (SSSR count). The van der Waals surface area contributed by atoms with E-state index >= 15 is 0 Å². The average Bonchev–Trinajstić information content (AvgIpc) is 2.78. The number of aromatic amines is 1. The SMILES string of the molecule is CCN(CC)CCCN(Cc1cc2cccc(C)c2[nH]c1=O)C(=O)Nc1ccccc1Cl. The first kappa shape index (κ1) is 23.8. The smallest absolute Gasteiger partial charge is 0.321 e. The summed E-state index contributed by atoms with van der Waals surface area (Å²) in [5.41, 5.74) is 2.77. The number of benzene rings is 2. The minimum atomic E-state index is -0.276. The summed E-state index contributed by atoms with van der Waals surface area (Å²) in [7, 11) is 0. The number of amides is 2. The van der Waals surface area contributed by atoms with Gasteiger partial charge in [-0.15, -0.1) is 0 Å². The van der Waals surface area contributed by atoms with Crippen LogP contribution in [0.15, 0.2) is 53.3 Å². The summed E-state index contributed by atoms with van der Waals surface area (Å²) in [5.74, 6) is 0. The third kappa shape index (κ3) is 5.90. The second-order valence-electron chi connectivity index (χ2n) is 7.87. The van der Waals surface area contributed by atoms with Crippen LogP contribution in [-0.2, 0) is 6.54 Å². The fourth-order valence-electron chi connectivity index (χ4n) is 3.79. The molecule has 0 aliphatic carbocycles. The maximum Gasteiger partial charge on any atom is 0.322 e. The molecule has 0 unspecified atom stereocenters. The number of halogens is 1. The molecule has 2 N–H and O–H groups in total. The molecule has 0 saturated heterocycles. The van der Waals surface area contributed by atoms with E-state index in [2.05, 4.69) is 29.0 Å². The molecule has 0 radical (unpaired) electrons. The Morgan fingerprint density at radius 3 is 2.53 bits per heavy atom. The monoisotopic (exact) mass is 454 g/mol. The molecular weight excluding hydrogens is 424 g/mol. The number of urea groups is 1. The Bertz CT molecular complexity index is 1120. The highest BCUT2D eigenvalue weighted by molar-refractivity contribution is 6.33. The molecule has 0 bridgehead atoms. The Hall–Kier alpha value is -2.83. The number of carbonyl (C=O) groups is 1. The molecule has 7 heteroatoms. The average molecular weight is 455 g/mol. The van der Waals surface area contributed by atoms with Crippen molar-refractivity contribution < 1.29 is 4.79 Å². The first-order valence-electron chi connectivity index (χ1n) is 11.1. The first-order valence-corrected chi connectivity index (χ1v) is 11.4. The van der Waals surface area contributed by atoms with Gasteiger partial charge in [0.05, 0.1) is 22.8 Å². The molecule has 170 valence electrons. The minimum Gasteiger partial charge on any atom is -0.321 e. The van der Waals surface area contributed by atoms with Gasteiger partial charge >= 0.3 is 6.03 Å². The molecule has 2 aromatic carbocycles. The van der Waals surface area contributed by atoms with Gasteiger partial charge in [0, 0.05) is 12.1 Å². The Morgan fingerprint density at radius 1 is 1.06 bits per heavy atom. The van der Waals surface area contributed by atoms with Crippen molar-refractivity contribution in [2.75, 3.05) is 31.5 Å². The lowest BCUT2D eigenvalue weighted by Crippen LogP contribution is -2.38. The number of H-pyrrole nitrogens is 1. The zero-order valence-corrected chi connectivity index (χ0v) is 19.7. The summed E-state index contributed by atoms with van der Waals surface area (Å²) in [4.78, 5) is 32.9. The number of aryl methyl sites for hydroxylation is 1. The van der Waals surface area contributed by atoms with Gasteiger partial charge in [-0.2, -0.15) is 0 Å². The molecule has 6 nitrogen and oxygen atoms in total. The van der Waals surface area contributed by atoms with Crippen molar-refractivity contribution in [3.63, 3.8) is 0 Å². The van der Waals surface area contributed by atoms with E-state index in [1.165, 1.54) is 0 Å². The molecule has 32 heavy (non-hydrogen) atoms. The zero-order valence-electron chi connectivity index (χ0n) is 19.0. The van der Waals surface area contributed by atoms with Crippen LogP contribution in [0.5, 0.6) is 0 Å². The normalized spacial score (nSPS) is 11.2. The van der Waals surface area contributed by atoms with Crippen molar-refractivity contribution in [1.82, 2.24) is 14.8 Å². The number of rotatable bonds is 9. The van der Waals surface area contributed by atoms with Crippen LogP contribution in [0.1, 0.15) is 31.4 Å². The fraction of sp³-hybridized carbons (Fsp3) is 0.360. The lowest BCUT2D eigenvalue weighted by molar-refractivity contribution is 0.202. The van der Waals surface area contributed by atoms with Crippen molar-refractivity contribution >= 4 is 34.2 Å². The molecular formula is C25H31ClN4O2. The summed E-state index contributed by atoms with van der Waals surface area (Å²) in [6, 6.07) is 14.6. The van der Waals surface area contributed by atoms with E-state index in [9.17, 15) is 9.59 Å². The molecule has 0 saturated carbocycles. The number of nitrogens with one attached hydrogen (secondary N) is 2. The number of hydrogen-bond donors (Lipinski definition) is 2. The van der Waals surface area contributed by atoms with Gasteiger partial charge in [0.2, 0.25) is 0 Å². The van der Waals surface area contributed by atoms with Crippen LogP contribution in [0.2, 0.25) is 5.02 Å². The van der Waals surface area contributed by atoms with Gasteiger partial charge in [-0.1, -0.05) is 55.8 Å². The van der Waals surface area contributed by atoms with Crippen molar-refractivity contribution in [2.24, 2.45) is 0 Å². The van der Waals surface area contributed by atoms with E-state index < -0.39 is 0 Å². The van der Waals surface area contributed by atoms with E-state index in [4.69, 9.17) is 11.6 Å². The van der Waals surface area contributed by atoms with Crippen molar-refractivity contribution in [3.05, 3.63) is 75.0 Å². The van der Waals surface area contributed by atoms with Crippen LogP contribution >= 0.6 is 11.6 Å². The number of para-hydroxylation sites is 2. The summed E-state index contributed by atoms with van der Waals surface area (Å²) in [6.45, 7) is 9.78. The summed E-state index contributed by atoms with van der Waals surface area (Å²) < 4.78 is 0. The number of aromatic nitrogens is 1. The molecule has 0 aliphatic heterocycles. The molecule has 3 aromatic rings. The molecule has 2 amide bonds. The quantitative estimate of drug-likeness (QED) is 0.463. The van der Waals surface area contributed by atoms with Crippen LogP contribution < -0.4 is 10.9 Å². The van der Waals surface area contributed by atoms with Crippen molar-refractivity contribution in [2.45, 2.75) is 33.7 Å². The highest BCUT2D eigenvalue weighted by atomic mass is 35.5. The van der Waals surface area contributed by atoms with Crippen LogP contribution in [0, 0.1) is 6.92 Å². The number of anilines is 1. The van der Waals surface area contributed by atoms with Gasteiger partial charge in [-0.25, -0.2) is 4.79 Å². The second kappa shape index (κ2) is 11.2. The largest absolute Gasteiger partial charge is 0.322 e. The topological polar surface area (TPSA) is 68.4 Å². The summed E-state index contributed by atoms with van der Waals surface area (Å²) >= 11 is 6.23. The number of fused-ring (bicyclic) bond motifs is 1. The fourth-order valence-corrected chi connectivity index (χ4v) is 3.97. The van der Waals surface area contributed by atoms with Gasteiger partial charge in [0.1, 0.15) is 0 Å². The van der Waals surface area contributed by atoms with Gasteiger partial charge in [0.25, 0.3) is 5.56 Å². The van der Waals surface area contributed by atoms with E-state index in [0.29, 0.717) is 22.8 Å². The molecule has 0 aliphatic rings. The molecule has 0 atom stereocenters. The third-order valence-corrected chi connectivity index (χ3v) is 6.06. The highest BCUT2D eigenvalue weighted by Gasteiger charge is 2.18. The molecule has 0 spiro atoms. The van der Waals surface area contributed by atoms with Crippen molar-refractivity contribution in [1.29, 1.82) is 0 Å². The predicted molar refractivity (Wildman–Crippen MR) is 133 cm³/mol. The Balaban J connectivity index is 1.83. The Labute approximate surface area is 194 Å². The lowest BCUT2D eigenvalue weighted by Gasteiger charge is -2.25. The minimum absolute atomic E-state index is 0.175. The maximum absolute atomic E-state index is 13.1. The number of pyridine rings is 1. The summed E-state index contributed by atoms with van der Waals surface area (Å²) in [5, 5.41) is 4.32. The Kier molecular flexibility index (Phi) is 8.31. The molecule has 1 heterocycles. The Morgan fingerprint density at radius 2 is 1.81 bits per heavy atom. The third-order valence-electron chi connectivity index (χ3n) is 5.73.